The van der Waals surface area contributed by atoms with Gasteiger partial charge < -0.3 is 14.1 Å². The van der Waals surface area contributed by atoms with Crippen molar-refractivity contribution in [3.63, 3.8) is 0 Å². The van der Waals surface area contributed by atoms with Gasteiger partial charge in [0, 0.05) is 10.7 Å². The van der Waals surface area contributed by atoms with E-state index in [1.807, 2.05) is 10.8 Å². The van der Waals surface area contributed by atoms with E-state index in [0.717, 1.165) is 29.0 Å². The molecule has 1 saturated heterocycles. The molecule has 3 rings (SSSR count). The highest BCUT2D eigenvalue weighted by atomic mass is 79.9. The molecule has 0 amide bonds. The molecule has 2 aromatic heterocycles. The standard InChI is InChI=1S/C11H9BrClN3O2/c12-7-3-16(8-2-1-6(4-17)18-8)11-9(7)10(13)14-5-15-11/h3-6,8H,1-2H2/t6-,8?/m0/s1. The van der Waals surface area contributed by atoms with Gasteiger partial charge in [-0.25, -0.2) is 9.97 Å². The number of aromatic nitrogens is 3. The summed E-state index contributed by atoms with van der Waals surface area (Å²) in [6.07, 6.45) is 5.11. The molecule has 0 bridgehead atoms. The van der Waals surface area contributed by atoms with Crippen LogP contribution in [-0.2, 0) is 9.53 Å². The van der Waals surface area contributed by atoms with E-state index in [9.17, 15) is 4.79 Å². The highest BCUT2D eigenvalue weighted by Gasteiger charge is 2.28. The Labute approximate surface area is 116 Å². The van der Waals surface area contributed by atoms with Crippen LogP contribution in [0, 0.1) is 0 Å². The third kappa shape index (κ3) is 1.84. The molecule has 1 fully saturated rings. The Hall–Kier alpha value is -0.980. The zero-order chi connectivity index (χ0) is 12.7. The lowest BCUT2D eigenvalue weighted by atomic mass is 10.2. The Morgan fingerprint density at radius 3 is 3.06 bits per heavy atom. The predicted molar refractivity (Wildman–Crippen MR) is 69.4 cm³/mol. The molecule has 0 N–H and O–H groups in total. The second-order valence-corrected chi connectivity index (χ2v) is 5.30. The third-order valence-corrected chi connectivity index (χ3v) is 3.90. The largest absolute Gasteiger partial charge is 0.347 e. The predicted octanol–water partition coefficient (Wildman–Crippen LogP) is 2.72. The first kappa shape index (κ1) is 12.1. The summed E-state index contributed by atoms with van der Waals surface area (Å²) in [7, 11) is 0. The van der Waals surface area contributed by atoms with Gasteiger partial charge in [0.1, 0.15) is 35.7 Å². The minimum absolute atomic E-state index is 0.181. The van der Waals surface area contributed by atoms with E-state index in [0.29, 0.717) is 10.8 Å². The first-order valence-electron chi connectivity index (χ1n) is 5.48. The van der Waals surface area contributed by atoms with Crippen molar-refractivity contribution in [2.24, 2.45) is 0 Å². The molecule has 1 unspecified atom stereocenters. The lowest BCUT2D eigenvalue weighted by Gasteiger charge is -2.13. The first-order chi connectivity index (χ1) is 8.70. The number of aldehydes is 1. The second-order valence-electron chi connectivity index (χ2n) is 4.09. The number of rotatable bonds is 2. The third-order valence-electron chi connectivity index (χ3n) is 3.01. The van der Waals surface area contributed by atoms with Crippen LogP contribution in [0.25, 0.3) is 11.0 Å². The Bertz CT molecular complexity index is 616. The minimum Gasteiger partial charge on any atom is -0.347 e. The quantitative estimate of drug-likeness (QED) is 0.627. The van der Waals surface area contributed by atoms with Crippen molar-refractivity contribution in [1.29, 1.82) is 0 Å². The van der Waals surface area contributed by atoms with Crippen LogP contribution in [0.4, 0.5) is 0 Å². The first-order valence-corrected chi connectivity index (χ1v) is 6.65. The number of hydrogen-bond acceptors (Lipinski definition) is 4. The zero-order valence-corrected chi connectivity index (χ0v) is 11.6. The van der Waals surface area contributed by atoms with E-state index < -0.39 is 0 Å². The summed E-state index contributed by atoms with van der Waals surface area (Å²) in [5, 5.41) is 1.16. The van der Waals surface area contributed by atoms with Crippen LogP contribution in [0.2, 0.25) is 5.15 Å². The highest BCUT2D eigenvalue weighted by Crippen LogP contribution is 2.35. The summed E-state index contributed by atoms with van der Waals surface area (Å²) in [6, 6.07) is 0. The van der Waals surface area contributed by atoms with E-state index in [1.165, 1.54) is 6.33 Å². The van der Waals surface area contributed by atoms with Crippen molar-refractivity contribution >= 4 is 44.9 Å². The fourth-order valence-electron chi connectivity index (χ4n) is 2.17. The summed E-state index contributed by atoms with van der Waals surface area (Å²) in [4.78, 5) is 18.9. The van der Waals surface area contributed by atoms with Crippen LogP contribution in [0.5, 0.6) is 0 Å². The maximum Gasteiger partial charge on any atom is 0.148 e. The molecule has 1 aliphatic heterocycles. The Morgan fingerprint density at radius 1 is 1.50 bits per heavy atom. The number of fused-ring (bicyclic) bond motifs is 1. The maximum absolute atomic E-state index is 10.7. The van der Waals surface area contributed by atoms with Gasteiger partial charge in [0.05, 0.1) is 5.39 Å². The molecule has 0 aliphatic carbocycles. The number of ether oxygens (including phenoxy) is 1. The number of carbonyl (C=O) groups is 1. The van der Waals surface area contributed by atoms with Gasteiger partial charge in [-0.2, -0.15) is 0 Å². The van der Waals surface area contributed by atoms with Crippen molar-refractivity contribution in [3.05, 3.63) is 22.1 Å². The zero-order valence-electron chi connectivity index (χ0n) is 9.22. The molecule has 0 saturated carbocycles. The van der Waals surface area contributed by atoms with Crippen LogP contribution < -0.4 is 0 Å². The van der Waals surface area contributed by atoms with Crippen LogP contribution >= 0.6 is 27.5 Å². The summed E-state index contributed by atoms with van der Waals surface area (Å²) in [5.74, 6) is 0. The monoisotopic (exact) mass is 329 g/mol. The van der Waals surface area contributed by atoms with Gasteiger partial charge in [-0.05, 0) is 28.8 Å². The molecule has 2 aromatic rings. The lowest BCUT2D eigenvalue weighted by molar-refractivity contribution is -0.119. The van der Waals surface area contributed by atoms with Gasteiger partial charge in [-0.3, -0.25) is 0 Å². The average Bonchev–Trinajstić information content (AvgIpc) is 2.94. The van der Waals surface area contributed by atoms with Gasteiger partial charge in [0.2, 0.25) is 0 Å². The summed E-state index contributed by atoms with van der Waals surface area (Å²) < 4.78 is 8.33. The molecule has 0 aromatic carbocycles. The van der Waals surface area contributed by atoms with Crippen molar-refractivity contribution in [2.75, 3.05) is 0 Å². The normalized spacial score (nSPS) is 23.7. The van der Waals surface area contributed by atoms with Crippen molar-refractivity contribution in [1.82, 2.24) is 14.5 Å². The minimum atomic E-state index is -0.330. The smallest absolute Gasteiger partial charge is 0.148 e. The molecular weight excluding hydrogens is 321 g/mol. The molecule has 7 heteroatoms. The number of nitrogens with zero attached hydrogens (tertiary/aromatic N) is 3. The van der Waals surface area contributed by atoms with Gasteiger partial charge in [0.25, 0.3) is 0 Å². The van der Waals surface area contributed by atoms with Crippen molar-refractivity contribution < 1.29 is 9.53 Å². The Balaban J connectivity index is 2.08. The Kier molecular flexibility index (Phi) is 3.09. The van der Waals surface area contributed by atoms with E-state index >= 15 is 0 Å². The molecule has 94 valence electrons. The number of hydrogen-bond donors (Lipinski definition) is 0. The number of carbonyl (C=O) groups excluding carboxylic acids is 1. The van der Waals surface area contributed by atoms with Gasteiger partial charge in [-0.1, -0.05) is 11.6 Å². The summed E-state index contributed by atoms with van der Waals surface area (Å²) in [6.45, 7) is 0. The van der Waals surface area contributed by atoms with Crippen molar-refractivity contribution in [3.8, 4) is 0 Å². The van der Waals surface area contributed by atoms with E-state index in [-0.39, 0.29) is 12.3 Å². The molecule has 1 aliphatic rings. The summed E-state index contributed by atoms with van der Waals surface area (Å²) >= 11 is 9.48. The summed E-state index contributed by atoms with van der Waals surface area (Å²) in [5.41, 5.74) is 0.707. The molecular formula is C11H9BrClN3O2. The maximum atomic E-state index is 10.7. The average molecular weight is 331 g/mol. The van der Waals surface area contributed by atoms with E-state index in [4.69, 9.17) is 16.3 Å². The second kappa shape index (κ2) is 4.60. The number of halogens is 2. The molecule has 3 heterocycles. The van der Waals surface area contributed by atoms with Crippen LogP contribution in [0.15, 0.2) is 17.0 Å². The molecule has 2 atom stereocenters. The molecule has 5 nitrogen and oxygen atoms in total. The fourth-order valence-corrected chi connectivity index (χ4v) is 3.10. The molecule has 0 radical (unpaired) electrons. The van der Waals surface area contributed by atoms with Crippen LogP contribution in [0.1, 0.15) is 19.1 Å². The van der Waals surface area contributed by atoms with E-state index in [2.05, 4.69) is 25.9 Å². The van der Waals surface area contributed by atoms with Gasteiger partial charge >= 0.3 is 0 Å². The van der Waals surface area contributed by atoms with Crippen molar-refractivity contribution in [2.45, 2.75) is 25.2 Å². The SMILES string of the molecule is O=C[C@@H]1CCC(n2cc(Br)c3c(Cl)ncnc32)O1. The topological polar surface area (TPSA) is 57.0 Å². The van der Waals surface area contributed by atoms with Gasteiger partial charge in [0.15, 0.2) is 0 Å². The van der Waals surface area contributed by atoms with E-state index in [1.54, 1.807) is 0 Å². The molecule has 18 heavy (non-hydrogen) atoms. The van der Waals surface area contributed by atoms with Gasteiger partial charge in [-0.15, -0.1) is 0 Å². The molecule has 0 spiro atoms. The van der Waals surface area contributed by atoms with Crippen LogP contribution in [0.3, 0.4) is 0 Å². The Morgan fingerprint density at radius 2 is 2.33 bits per heavy atom. The fraction of sp³-hybridized carbons (Fsp3) is 0.364. The van der Waals surface area contributed by atoms with Crippen LogP contribution in [-0.4, -0.2) is 26.9 Å². The lowest BCUT2D eigenvalue weighted by Crippen LogP contribution is -2.11. The highest BCUT2D eigenvalue weighted by molar-refractivity contribution is 9.10.